The normalized spacial score (nSPS) is 15.3. The minimum atomic E-state index is -3.52. The number of carbonyl (C=O) groups excluding carboxylic acids is 1. The first kappa shape index (κ1) is 23.1. The molecule has 166 valence electrons. The number of aryl methyl sites for hydroxylation is 2. The number of anilines is 1. The van der Waals surface area contributed by atoms with Gasteiger partial charge in [0.05, 0.1) is 11.4 Å². The molecule has 10 heteroatoms. The highest BCUT2D eigenvalue weighted by Crippen LogP contribution is 2.18. The third kappa shape index (κ3) is 6.47. The van der Waals surface area contributed by atoms with E-state index in [1.165, 1.54) is 4.31 Å². The first-order valence-corrected chi connectivity index (χ1v) is 11.8. The Morgan fingerprint density at radius 2 is 1.45 bits per heavy atom. The van der Waals surface area contributed by atoms with Crippen LogP contribution in [0.2, 0.25) is 0 Å². The van der Waals surface area contributed by atoms with Crippen LogP contribution in [-0.2, 0) is 14.8 Å². The Bertz CT molecular complexity index is 1020. The van der Waals surface area contributed by atoms with Crippen molar-refractivity contribution in [3.8, 4) is 0 Å². The molecule has 0 radical (unpaired) electrons. The van der Waals surface area contributed by atoms with Crippen molar-refractivity contribution >= 4 is 38.9 Å². The number of piperazine rings is 1. The topological polar surface area (TPSA) is 93.8 Å². The second kappa shape index (κ2) is 10.2. The lowest BCUT2D eigenvalue weighted by molar-refractivity contribution is -0.123. The van der Waals surface area contributed by atoms with Gasteiger partial charge in [-0.1, -0.05) is 35.4 Å². The van der Waals surface area contributed by atoms with Crippen molar-refractivity contribution in [2.24, 2.45) is 0 Å². The molecule has 0 unspecified atom stereocenters. The van der Waals surface area contributed by atoms with E-state index in [1.54, 1.807) is 24.3 Å². The van der Waals surface area contributed by atoms with Crippen LogP contribution in [0.1, 0.15) is 11.1 Å². The summed E-state index contributed by atoms with van der Waals surface area (Å²) in [4.78, 5) is 14.4. The molecule has 0 atom stereocenters. The number of hydrogen-bond acceptors (Lipinski definition) is 5. The summed E-state index contributed by atoms with van der Waals surface area (Å²) in [5.41, 5.74) is 8.23. The Morgan fingerprint density at radius 1 is 0.903 bits per heavy atom. The Kier molecular flexibility index (Phi) is 7.60. The molecule has 3 N–H and O–H groups in total. The summed E-state index contributed by atoms with van der Waals surface area (Å²) in [6.07, 6.45) is 0. The summed E-state index contributed by atoms with van der Waals surface area (Å²) in [6.45, 7) is 5.70. The monoisotopic (exact) mass is 461 g/mol. The maximum Gasteiger partial charge on any atom is 0.252 e. The smallest absolute Gasteiger partial charge is 0.252 e. The van der Waals surface area contributed by atoms with Crippen LogP contribution < -0.4 is 16.2 Å². The zero-order valence-electron chi connectivity index (χ0n) is 17.6. The van der Waals surface area contributed by atoms with Gasteiger partial charge in [0.15, 0.2) is 5.11 Å². The number of amides is 1. The Morgan fingerprint density at radius 3 is 2.03 bits per heavy atom. The molecule has 1 aliphatic rings. The van der Waals surface area contributed by atoms with Gasteiger partial charge in [-0.05, 0) is 50.3 Å². The standard InChI is InChI=1S/C21H27N5O3S2/c1-16-3-7-18(8-4-16)22-21(30)24-23-20(27)15-25-11-13-26(14-12-25)31(28,29)19-9-5-17(2)6-10-19/h3-10H,11-15H2,1-2H3,(H,23,27)(H2,22,24,30). The Labute approximate surface area is 188 Å². The fourth-order valence-corrected chi connectivity index (χ4v) is 4.75. The molecule has 0 saturated carbocycles. The maximum absolute atomic E-state index is 12.8. The predicted molar refractivity (Wildman–Crippen MR) is 125 cm³/mol. The van der Waals surface area contributed by atoms with Gasteiger partial charge in [0.1, 0.15) is 0 Å². The minimum absolute atomic E-state index is 0.151. The number of nitrogens with one attached hydrogen (secondary N) is 3. The van der Waals surface area contributed by atoms with Crippen LogP contribution in [0.5, 0.6) is 0 Å². The van der Waals surface area contributed by atoms with Crippen LogP contribution in [0.4, 0.5) is 5.69 Å². The summed E-state index contributed by atoms with van der Waals surface area (Å²) >= 11 is 5.18. The molecule has 8 nitrogen and oxygen atoms in total. The van der Waals surface area contributed by atoms with Crippen LogP contribution in [-0.4, -0.2) is 61.4 Å². The lowest BCUT2D eigenvalue weighted by Gasteiger charge is -2.33. The molecule has 1 saturated heterocycles. The molecule has 0 spiro atoms. The fourth-order valence-electron chi connectivity index (χ4n) is 3.16. The van der Waals surface area contributed by atoms with Gasteiger partial charge < -0.3 is 5.32 Å². The average Bonchev–Trinajstić information content (AvgIpc) is 2.75. The van der Waals surface area contributed by atoms with Crippen molar-refractivity contribution in [2.45, 2.75) is 18.7 Å². The van der Waals surface area contributed by atoms with Gasteiger partial charge in [-0.25, -0.2) is 8.42 Å². The third-order valence-electron chi connectivity index (χ3n) is 4.98. The molecule has 1 heterocycles. The summed E-state index contributed by atoms with van der Waals surface area (Å²) < 4.78 is 27.0. The predicted octanol–water partition coefficient (Wildman–Crippen LogP) is 1.63. The second-order valence-corrected chi connectivity index (χ2v) is 9.83. The maximum atomic E-state index is 12.8. The van der Waals surface area contributed by atoms with E-state index in [0.717, 1.165) is 16.8 Å². The van der Waals surface area contributed by atoms with E-state index < -0.39 is 10.0 Å². The van der Waals surface area contributed by atoms with E-state index >= 15 is 0 Å². The van der Waals surface area contributed by atoms with Gasteiger partial charge in [0, 0.05) is 31.9 Å². The van der Waals surface area contributed by atoms with E-state index in [-0.39, 0.29) is 17.6 Å². The molecule has 0 aromatic heterocycles. The summed E-state index contributed by atoms with van der Waals surface area (Å²) in [5, 5.41) is 3.27. The molecule has 2 aromatic rings. The number of thiocarbonyl (C=S) groups is 1. The lowest BCUT2D eigenvalue weighted by atomic mass is 10.2. The van der Waals surface area contributed by atoms with Crippen LogP contribution in [0.15, 0.2) is 53.4 Å². The van der Waals surface area contributed by atoms with Gasteiger partial charge in [0.2, 0.25) is 10.0 Å². The Balaban J connectivity index is 1.42. The van der Waals surface area contributed by atoms with Crippen molar-refractivity contribution in [3.05, 3.63) is 59.7 Å². The third-order valence-corrected chi connectivity index (χ3v) is 7.10. The van der Waals surface area contributed by atoms with Crippen LogP contribution in [0.25, 0.3) is 0 Å². The highest BCUT2D eigenvalue weighted by atomic mass is 32.2. The zero-order valence-corrected chi connectivity index (χ0v) is 19.2. The first-order valence-electron chi connectivity index (χ1n) is 9.96. The SMILES string of the molecule is Cc1ccc(NC(=S)NNC(=O)CN2CCN(S(=O)(=O)c3ccc(C)cc3)CC2)cc1. The number of rotatable bonds is 5. The van der Waals surface area contributed by atoms with E-state index in [2.05, 4.69) is 16.2 Å². The summed E-state index contributed by atoms with van der Waals surface area (Å²) in [5.74, 6) is -0.247. The number of carbonyl (C=O) groups is 1. The number of nitrogens with zero attached hydrogens (tertiary/aromatic N) is 2. The molecule has 31 heavy (non-hydrogen) atoms. The zero-order chi connectivity index (χ0) is 22.4. The molecule has 1 aliphatic heterocycles. The molecule has 0 bridgehead atoms. The molecule has 1 fully saturated rings. The minimum Gasteiger partial charge on any atom is -0.331 e. The molecule has 3 rings (SSSR count). The number of sulfonamides is 1. The van der Waals surface area contributed by atoms with Gasteiger partial charge in [-0.3, -0.25) is 20.5 Å². The quantitative estimate of drug-likeness (QED) is 0.460. The van der Waals surface area contributed by atoms with Crippen molar-refractivity contribution < 1.29 is 13.2 Å². The molecular formula is C21H27N5O3S2. The largest absolute Gasteiger partial charge is 0.331 e. The summed E-state index contributed by atoms with van der Waals surface area (Å²) in [6, 6.07) is 14.6. The van der Waals surface area contributed by atoms with Crippen molar-refractivity contribution in [3.63, 3.8) is 0 Å². The van der Waals surface area contributed by atoms with Crippen molar-refractivity contribution in [2.75, 3.05) is 38.0 Å². The van der Waals surface area contributed by atoms with Crippen LogP contribution in [0.3, 0.4) is 0 Å². The highest BCUT2D eigenvalue weighted by Gasteiger charge is 2.28. The van der Waals surface area contributed by atoms with Gasteiger partial charge in [-0.2, -0.15) is 4.31 Å². The van der Waals surface area contributed by atoms with E-state index in [9.17, 15) is 13.2 Å². The van der Waals surface area contributed by atoms with E-state index in [0.29, 0.717) is 31.1 Å². The summed E-state index contributed by atoms with van der Waals surface area (Å²) in [7, 11) is -3.52. The van der Waals surface area contributed by atoms with Crippen LogP contribution in [0, 0.1) is 13.8 Å². The van der Waals surface area contributed by atoms with E-state index in [1.807, 2.05) is 43.0 Å². The van der Waals surface area contributed by atoms with Gasteiger partial charge in [-0.15, -0.1) is 0 Å². The second-order valence-electron chi connectivity index (χ2n) is 7.49. The lowest BCUT2D eigenvalue weighted by Crippen LogP contribution is -2.53. The number of hydrogen-bond donors (Lipinski definition) is 3. The fraction of sp³-hybridized carbons (Fsp3) is 0.333. The van der Waals surface area contributed by atoms with Gasteiger partial charge >= 0.3 is 0 Å². The average molecular weight is 462 g/mol. The van der Waals surface area contributed by atoms with Crippen molar-refractivity contribution in [1.82, 2.24) is 20.1 Å². The highest BCUT2D eigenvalue weighted by molar-refractivity contribution is 7.89. The Hall–Kier alpha value is -2.53. The van der Waals surface area contributed by atoms with Crippen LogP contribution >= 0.6 is 12.2 Å². The first-order chi connectivity index (χ1) is 14.7. The van der Waals surface area contributed by atoms with Gasteiger partial charge in [0.25, 0.3) is 5.91 Å². The number of benzene rings is 2. The van der Waals surface area contributed by atoms with Crippen molar-refractivity contribution in [1.29, 1.82) is 0 Å². The number of hydrazine groups is 1. The molecular weight excluding hydrogens is 434 g/mol. The molecule has 2 aromatic carbocycles. The molecule has 1 amide bonds. The van der Waals surface area contributed by atoms with E-state index in [4.69, 9.17) is 12.2 Å². The molecule has 0 aliphatic carbocycles.